The van der Waals surface area contributed by atoms with E-state index in [2.05, 4.69) is 40.9 Å². The Morgan fingerprint density at radius 2 is 1.78 bits per heavy atom. The van der Waals surface area contributed by atoms with Crippen molar-refractivity contribution in [3.63, 3.8) is 0 Å². The maximum atomic E-state index is 12.5. The van der Waals surface area contributed by atoms with Crippen LogP contribution in [0.25, 0.3) is 0 Å². The van der Waals surface area contributed by atoms with E-state index >= 15 is 0 Å². The number of carbonyl (C=O) groups is 1. The van der Waals surface area contributed by atoms with E-state index in [1.807, 2.05) is 53.3 Å². The number of nitrogens with one attached hydrogen (secondary N) is 2. The lowest BCUT2D eigenvalue weighted by molar-refractivity contribution is 0.236. The lowest BCUT2D eigenvalue weighted by atomic mass is 10.0. The van der Waals surface area contributed by atoms with Gasteiger partial charge in [-0.25, -0.2) is 4.79 Å². The fourth-order valence-electron chi connectivity index (χ4n) is 3.13. The van der Waals surface area contributed by atoms with Crippen LogP contribution < -0.4 is 10.6 Å². The van der Waals surface area contributed by atoms with E-state index in [0.717, 1.165) is 29.5 Å². The Labute approximate surface area is 160 Å². The van der Waals surface area contributed by atoms with Gasteiger partial charge in [-0.05, 0) is 29.2 Å². The molecule has 1 atom stereocenters. The van der Waals surface area contributed by atoms with Gasteiger partial charge in [0.25, 0.3) is 0 Å². The van der Waals surface area contributed by atoms with E-state index in [0.29, 0.717) is 13.1 Å². The van der Waals surface area contributed by atoms with Crippen LogP contribution in [-0.4, -0.2) is 15.8 Å². The smallest absolute Gasteiger partial charge is 0.315 e. The second kappa shape index (κ2) is 9.57. The minimum Gasteiger partial charge on any atom is -0.334 e. The van der Waals surface area contributed by atoms with Gasteiger partial charge in [-0.3, -0.25) is 4.68 Å². The fourth-order valence-corrected chi connectivity index (χ4v) is 3.13. The summed E-state index contributed by atoms with van der Waals surface area (Å²) in [6.45, 7) is 3.30. The van der Waals surface area contributed by atoms with Crippen LogP contribution in [0.15, 0.2) is 73.1 Å². The van der Waals surface area contributed by atoms with Gasteiger partial charge < -0.3 is 10.6 Å². The summed E-state index contributed by atoms with van der Waals surface area (Å²) in [6.07, 6.45) is 5.62. The van der Waals surface area contributed by atoms with Gasteiger partial charge >= 0.3 is 6.03 Å². The number of rotatable bonds is 8. The highest BCUT2D eigenvalue weighted by atomic mass is 16.2. The van der Waals surface area contributed by atoms with Gasteiger partial charge in [0, 0.05) is 18.9 Å². The Kier molecular flexibility index (Phi) is 6.63. The number of amides is 2. The first-order valence-corrected chi connectivity index (χ1v) is 9.39. The third-order valence-corrected chi connectivity index (χ3v) is 4.53. The Morgan fingerprint density at radius 1 is 1.04 bits per heavy atom. The molecule has 0 saturated carbocycles. The van der Waals surface area contributed by atoms with Crippen molar-refractivity contribution in [3.05, 3.63) is 89.7 Å². The summed E-state index contributed by atoms with van der Waals surface area (Å²) >= 11 is 0. The number of carbonyl (C=O) groups excluding carboxylic acids is 1. The summed E-state index contributed by atoms with van der Waals surface area (Å²) in [7, 11) is 0. The molecular formula is C22H26N4O. The van der Waals surface area contributed by atoms with Crippen LogP contribution in [0.4, 0.5) is 4.79 Å². The molecule has 3 aromatic rings. The number of benzene rings is 2. The third-order valence-electron chi connectivity index (χ3n) is 4.53. The third kappa shape index (κ3) is 5.45. The Morgan fingerprint density at radius 3 is 2.48 bits per heavy atom. The van der Waals surface area contributed by atoms with Crippen LogP contribution in [0, 0.1) is 0 Å². The average Bonchev–Trinajstić information content (AvgIpc) is 3.21. The summed E-state index contributed by atoms with van der Waals surface area (Å²) in [5.41, 5.74) is 3.37. The van der Waals surface area contributed by atoms with Crippen molar-refractivity contribution >= 4 is 6.03 Å². The molecule has 0 unspecified atom stereocenters. The van der Waals surface area contributed by atoms with E-state index in [-0.39, 0.29) is 12.1 Å². The van der Waals surface area contributed by atoms with Crippen molar-refractivity contribution in [3.8, 4) is 0 Å². The van der Waals surface area contributed by atoms with E-state index in [4.69, 9.17) is 0 Å². The second-order valence-electron chi connectivity index (χ2n) is 6.55. The number of urea groups is 1. The predicted molar refractivity (Wildman–Crippen MR) is 107 cm³/mol. The van der Waals surface area contributed by atoms with E-state index in [1.54, 1.807) is 6.20 Å². The van der Waals surface area contributed by atoms with Crippen LogP contribution in [0.1, 0.15) is 42.5 Å². The molecule has 27 heavy (non-hydrogen) atoms. The predicted octanol–water partition coefficient (Wildman–Crippen LogP) is 4.27. The number of hydrogen-bond acceptors (Lipinski definition) is 2. The first kappa shape index (κ1) is 18.7. The zero-order valence-corrected chi connectivity index (χ0v) is 15.6. The molecule has 2 N–H and O–H groups in total. The SMILES string of the molecule is CCC[C@H](NC(=O)NCc1ccccc1Cn1cccn1)c1ccccc1. The van der Waals surface area contributed by atoms with Crippen LogP contribution in [0.5, 0.6) is 0 Å². The molecule has 0 aliphatic rings. The van der Waals surface area contributed by atoms with Crippen LogP contribution in [0.2, 0.25) is 0 Å². The molecule has 1 heterocycles. The molecular weight excluding hydrogens is 336 g/mol. The number of hydrogen-bond donors (Lipinski definition) is 2. The highest BCUT2D eigenvalue weighted by molar-refractivity contribution is 5.74. The van der Waals surface area contributed by atoms with Gasteiger partial charge in [-0.2, -0.15) is 5.10 Å². The molecule has 0 bridgehead atoms. The van der Waals surface area contributed by atoms with Crippen LogP contribution in [0.3, 0.4) is 0 Å². The standard InChI is InChI=1S/C22H26N4O/c1-2-9-21(18-10-4-3-5-11-18)25-22(27)23-16-19-12-6-7-13-20(19)17-26-15-8-14-24-26/h3-8,10-15,21H,2,9,16-17H2,1H3,(H2,23,25,27)/t21-/m0/s1. The van der Waals surface area contributed by atoms with Gasteiger partial charge in [-0.15, -0.1) is 0 Å². The fraction of sp³-hybridized carbons (Fsp3) is 0.273. The molecule has 5 nitrogen and oxygen atoms in total. The largest absolute Gasteiger partial charge is 0.334 e. The molecule has 0 aliphatic carbocycles. The van der Waals surface area contributed by atoms with Gasteiger partial charge in [0.2, 0.25) is 0 Å². The topological polar surface area (TPSA) is 59.0 Å². The summed E-state index contributed by atoms with van der Waals surface area (Å²) in [5.74, 6) is 0. The number of nitrogens with zero attached hydrogens (tertiary/aromatic N) is 2. The molecule has 0 spiro atoms. The highest BCUT2D eigenvalue weighted by Crippen LogP contribution is 2.18. The second-order valence-corrected chi connectivity index (χ2v) is 6.55. The number of aromatic nitrogens is 2. The monoisotopic (exact) mass is 362 g/mol. The molecule has 140 valence electrons. The minimum absolute atomic E-state index is 0.0236. The molecule has 5 heteroatoms. The summed E-state index contributed by atoms with van der Waals surface area (Å²) in [5, 5.41) is 10.4. The molecule has 3 rings (SSSR count). The zero-order chi connectivity index (χ0) is 18.9. The summed E-state index contributed by atoms with van der Waals surface area (Å²) < 4.78 is 1.88. The lowest BCUT2D eigenvalue weighted by Gasteiger charge is -2.19. The molecule has 0 saturated heterocycles. The Bertz CT molecular complexity index is 831. The molecule has 0 aliphatic heterocycles. The molecule has 1 aromatic heterocycles. The Balaban J connectivity index is 1.60. The lowest BCUT2D eigenvalue weighted by Crippen LogP contribution is -2.37. The maximum absolute atomic E-state index is 12.5. The maximum Gasteiger partial charge on any atom is 0.315 e. The van der Waals surface area contributed by atoms with Crippen molar-refractivity contribution in [1.82, 2.24) is 20.4 Å². The average molecular weight is 362 g/mol. The van der Waals surface area contributed by atoms with E-state index in [9.17, 15) is 4.79 Å². The van der Waals surface area contributed by atoms with Crippen molar-refractivity contribution < 1.29 is 4.79 Å². The highest BCUT2D eigenvalue weighted by Gasteiger charge is 2.13. The molecule has 0 fully saturated rings. The van der Waals surface area contributed by atoms with Crippen molar-refractivity contribution in [2.75, 3.05) is 0 Å². The molecule has 2 aromatic carbocycles. The van der Waals surface area contributed by atoms with Gasteiger partial charge in [0.05, 0.1) is 12.6 Å². The summed E-state index contributed by atoms with van der Waals surface area (Å²) in [6, 6.07) is 20.0. The van der Waals surface area contributed by atoms with Crippen molar-refractivity contribution in [2.24, 2.45) is 0 Å². The van der Waals surface area contributed by atoms with Crippen molar-refractivity contribution in [2.45, 2.75) is 38.9 Å². The first-order chi connectivity index (χ1) is 13.3. The van der Waals surface area contributed by atoms with Gasteiger partial charge in [0.15, 0.2) is 0 Å². The van der Waals surface area contributed by atoms with Crippen molar-refractivity contribution in [1.29, 1.82) is 0 Å². The normalized spacial score (nSPS) is 11.7. The zero-order valence-electron chi connectivity index (χ0n) is 15.6. The van der Waals surface area contributed by atoms with E-state index < -0.39 is 0 Å². The van der Waals surface area contributed by atoms with Gasteiger partial charge in [0.1, 0.15) is 0 Å². The van der Waals surface area contributed by atoms with Gasteiger partial charge in [-0.1, -0.05) is 67.9 Å². The van der Waals surface area contributed by atoms with Crippen LogP contribution >= 0.6 is 0 Å². The summed E-state index contributed by atoms with van der Waals surface area (Å²) in [4.78, 5) is 12.5. The van der Waals surface area contributed by atoms with E-state index in [1.165, 1.54) is 0 Å². The quantitative estimate of drug-likeness (QED) is 0.629. The van der Waals surface area contributed by atoms with Crippen LogP contribution in [-0.2, 0) is 13.1 Å². The minimum atomic E-state index is -0.147. The first-order valence-electron chi connectivity index (χ1n) is 9.39. The molecule has 2 amide bonds. The molecule has 0 radical (unpaired) electrons. The Hall–Kier alpha value is -3.08.